The van der Waals surface area contributed by atoms with E-state index in [0.29, 0.717) is 30.2 Å². The van der Waals surface area contributed by atoms with Crippen molar-refractivity contribution in [1.82, 2.24) is 4.90 Å². The van der Waals surface area contributed by atoms with Gasteiger partial charge >= 0.3 is 0 Å². The molecule has 4 aromatic rings. The van der Waals surface area contributed by atoms with Crippen LogP contribution in [0.15, 0.2) is 75.8 Å². The standard InChI is InChI=1S/C25H24N2O5/c1-29-19-9-4-3-8-18(19)23(27-12-15-30-16-13-27)24-22(17-7-2-5-10-20(17)32-24)26-25(28)21-11-6-14-31-21/h2-11,14,23H,12-13,15-16H2,1H3,(H,26,28)/t23-/m1/s1. The van der Waals surface area contributed by atoms with Crippen molar-refractivity contribution in [2.45, 2.75) is 6.04 Å². The van der Waals surface area contributed by atoms with Crippen molar-refractivity contribution < 1.29 is 23.1 Å². The number of nitrogens with zero attached hydrogens (tertiary/aromatic N) is 1. The molecule has 1 N–H and O–H groups in total. The van der Waals surface area contributed by atoms with E-state index in [0.717, 1.165) is 29.8 Å². The van der Waals surface area contributed by atoms with E-state index in [4.69, 9.17) is 18.3 Å². The number of amides is 1. The van der Waals surface area contributed by atoms with Crippen molar-refractivity contribution in [2.75, 3.05) is 38.7 Å². The van der Waals surface area contributed by atoms with Crippen LogP contribution in [0.3, 0.4) is 0 Å². The summed E-state index contributed by atoms with van der Waals surface area (Å²) >= 11 is 0. The summed E-state index contributed by atoms with van der Waals surface area (Å²) in [6.45, 7) is 2.70. The first-order chi connectivity index (χ1) is 15.8. The Morgan fingerprint density at radius 2 is 1.81 bits per heavy atom. The maximum Gasteiger partial charge on any atom is 0.291 e. The SMILES string of the molecule is COc1ccccc1[C@H](c1oc2ccccc2c1NC(=O)c1ccco1)N1CCOCC1. The molecule has 1 aliphatic heterocycles. The number of morpholine rings is 1. The van der Waals surface area contributed by atoms with Crippen LogP contribution in [0, 0.1) is 0 Å². The first-order valence-corrected chi connectivity index (χ1v) is 10.6. The monoisotopic (exact) mass is 432 g/mol. The number of hydrogen-bond acceptors (Lipinski definition) is 6. The van der Waals surface area contributed by atoms with Crippen LogP contribution in [0.4, 0.5) is 5.69 Å². The van der Waals surface area contributed by atoms with Gasteiger partial charge in [-0.2, -0.15) is 0 Å². The third-order valence-corrected chi connectivity index (χ3v) is 5.70. The van der Waals surface area contributed by atoms with Gasteiger partial charge in [-0.3, -0.25) is 9.69 Å². The summed E-state index contributed by atoms with van der Waals surface area (Å²) in [5, 5.41) is 3.87. The Kier molecular flexibility index (Phi) is 5.66. The van der Waals surface area contributed by atoms with E-state index in [1.807, 2.05) is 48.5 Å². The Balaban J connectivity index is 1.67. The number of furan rings is 2. The largest absolute Gasteiger partial charge is 0.496 e. The molecule has 164 valence electrons. The van der Waals surface area contributed by atoms with Gasteiger partial charge in [0.2, 0.25) is 0 Å². The number of carbonyl (C=O) groups is 1. The molecule has 2 aromatic heterocycles. The molecular formula is C25H24N2O5. The maximum absolute atomic E-state index is 12.9. The molecule has 32 heavy (non-hydrogen) atoms. The number of benzene rings is 2. The fraction of sp³-hybridized carbons (Fsp3) is 0.240. The van der Waals surface area contributed by atoms with Crippen LogP contribution in [0.2, 0.25) is 0 Å². The molecule has 0 spiro atoms. The molecule has 5 rings (SSSR count). The van der Waals surface area contributed by atoms with Gasteiger partial charge in [0.1, 0.15) is 11.3 Å². The molecule has 1 atom stereocenters. The number of nitrogens with one attached hydrogen (secondary N) is 1. The van der Waals surface area contributed by atoms with E-state index in [1.165, 1.54) is 6.26 Å². The Morgan fingerprint density at radius 3 is 2.59 bits per heavy atom. The van der Waals surface area contributed by atoms with E-state index < -0.39 is 0 Å². The van der Waals surface area contributed by atoms with Crippen molar-refractivity contribution in [3.05, 3.63) is 84.0 Å². The highest BCUT2D eigenvalue weighted by Crippen LogP contribution is 2.43. The molecule has 0 aliphatic carbocycles. The number of fused-ring (bicyclic) bond motifs is 1. The maximum atomic E-state index is 12.9. The molecule has 2 aromatic carbocycles. The molecule has 1 fully saturated rings. The average Bonchev–Trinajstić information content (AvgIpc) is 3.50. The number of hydrogen-bond donors (Lipinski definition) is 1. The van der Waals surface area contributed by atoms with Crippen molar-refractivity contribution in [1.29, 1.82) is 0 Å². The van der Waals surface area contributed by atoms with Crippen LogP contribution in [0.25, 0.3) is 11.0 Å². The number of ether oxygens (including phenoxy) is 2. The van der Waals surface area contributed by atoms with E-state index >= 15 is 0 Å². The summed E-state index contributed by atoms with van der Waals surface area (Å²) in [4.78, 5) is 15.2. The van der Waals surface area contributed by atoms with Crippen LogP contribution in [0.5, 0.6) is 5.75 Å². The van der Waals surface area contributed by atoms with Gasteiger partial charge in [-0.15, -0.1) is 0 Å². The lowest BCUT2D eigenvalue weighted by atomic mass is 9.99. The molecule has 0 radical (unpaired) electrons. The van der Waals surface area contributed by atoms with Gasteiger partial charge in [-0.05, 0) is 30.3 Å². The average molecular weight is 432 g/mol. The van der Waals surface area contributed by atoms with Gasteiger partial charge < -0.3 is 23.6 Å². The minimum absolute atomic E-state index is 0.237. The van der Waals surface area contributed by atoms with Crippen LogP contribution in [0.1, 0.15) is 27.9 Å². The number of methoxy groups -OCH3 is 1. The predicted octanol–water partition coefficient (Wildman–Crippen LogP) is 4.71. The molecule has 0 bridgehead atoms. The molecule has 7 nitrogen and oxygen atoms in total. The van der Waals surface area contributed by atoms with Gasteiger partial charge in [-0.25, -0.2) is 0 Å². The number of anilines is 1. The number of rotatable bonds is 6. The van der Waals surface area contributed by atoms with Gasteiger partial charge in [0.15, 0.2) is 11.5 Å². The summed E-state index contributed by atoms with van der Waals surface area (Å²) < 4.78 is 23.0. The highest BCUT2D eigenvalue weighted by molar-refractivity contribution is 6.08. The second-order valence-electron chi connectivity index (χ2n) is 7.56. The second-order valence-corrected chi connectivity index (χ2v) is 7.56. The van der Waals surface area contributed by atoms with Crippen LogP contribution < -0.4 is 10.1 Å². The Bertz CT molecular complexity index is 1210. The van der Waals surface area contributed by atoms with E-state index in [1.54, 1.807) is 19.2 Å². The normalized spacial score (nSPS) is 15.5. The topological polar surface area (TPSA) is 77.1 Å². The summed E-state index contributed by atoms with van der Waals surface area (Å²) in [5.74, 6) is 1.32. The summed E-state index contributed by atoms with van der Waals surface area (Å²) in [6.07, 6.45) is 1.48. The third kappa shape index (κ3) is 3.77. The zero-order valence-corrected chi connectivity index (χ0v) is 17.7. The van der Waals surface area contributed by atoms with Crippen molar-refractivity contribution in [2.24, 2.45) is 0 Å². The number of para-hydroxylation sites is 2. The molecule has 0 saturated carbocycles. The van der Waals surface area contributed by atoms with Crippen LogP contribution in [-0.2, 0) is 4.74 Å². The summed E-state index contributed by atoms with van der Waals surface area (Å²) in [5.41, 5.74) is 2.29. The smallest absolute Gasteiger partial charge is 0.291 e. The fourth-order valence-corrected chi connectivity index (χ4v) is 4.20. The summed E-state index contributed by atoms with van der Waals surface area (Å²) in [7, 11) is 1.66. The Morgan fingerprint density at radius 1 is 1.03 bits per heavy atom. The predicted molar refractivity (Wildman–Crippen MR) is 120 cm³/mol. The van der Waals surface area contributed by atoms with Crippen LogP contribution >= 0.6 is 0 Å². The lowest BCUT2D eigenvalue weighted by molar-refractivity contribution is 0.0202. The molecule has 7 heteroatoms. The molecule has 1 aliphatic rings. The molecule has 3 heterocycles. The third-order valence-electron chi connectivity index (χ3n) is 5.70. The number of carbonyl (C=O) groups excluding carboxylic acids is 1. The lowest BCUT2D eigenvalue weighted by Gasteiger charge is -2.34. The molecule has 1 saturated heterocycles. The van der Waals surface area contributed by atoms with E-state index in [9.17, 15) is 4.79 Å². The first kappa shape index (κ1) is 20.4. The quantitative estimate of drug-likeness (QED) is 0.476. The van der Waals surface area contributed by atoms with Gasteiger partial charge in [0, 0.05) is 24.0 Å². The van der Waals surface area contributed by atoms with Gasteiger partial charge in [0.25, 0.3) is 5.91 Å². The highest BCUT2D eigenvalue weighted by Gasteiger charge is 2.33. The first-order valence-electron chi connectivity index (χ1n) is 10.6. The molecule has 0 unspecified atom stereocenters. The highest BCUT2D eigenvalue weighted by atomic mass is 16.5. The van der Waals surface area contributed by atoms with E-state index in [2.05, 4.69) is 10.2 Å². The van der Waals surface area contributed by atoms with Crippen molar-refractivity contribution >= 4 is 22.6 Å². The van der Waals surface area contributed by atoms with Crippen molar-refractivity contribution in [3.63, 3.8) is 0 Å². The zero-order chi connectivity index (χ0) is 21.9. The van der Waals surface area contributed by atoms with Crippen LogP contribution in [-0.4, -0.2) is 44.2 Å². The van der Waals surface area contributed by atoms with Gasteiger partial charge in [-0.1, -0.05) is 30.3 Å². The van der Waals surface area contributed by atoms with Gasteiger partial charge in [0.05, 0.1) is 38.3 Å². The lowest BCUT2D eigenvalue weighted by Crippen LogP contribution is -2.39. The van der Waals surface area contributed by atoms with E-state index in [-0.39, 0.29) is 17.7 Å². The minimum Gasteiger partial charge on any atom is -0.496 e. The second kappa shape index (κ2) is 8.90. The van der Waals surface area contributed by atoms with Crippen molar-refractivity contribution in [3.8, 4) is 5.75 Å². The summed E-state index contributed by atoms with van der Waals surface area (Å²) in [6, 6.07) is 18.6. The zero-order valence-electron chi connectivity index (χ0n) is 17.7. The fourth-order valence-electron chi connectivity index (χ4n) is 4.20. The Hall–Kier alpha value is -3.55. The molecule has 1 amide bonds. The minimum atomic E-state index is -0.330. The molecular weight excluding hydrogens is 408 g/mol. The Labute approximate surface area is 185 Å².